The fourth-order valence-corrected chi connectivity index (χ4v) is 2.69. The number of hydrogen-bond acceptors (Lipinski definition) is 2. The van der Waals surface area contributed by atoms with E-state index >= 15 is 0 Å². The van der Waals surface area contributed by atoms with Gasteiger partial charge in [0.2, 0.25) is 8.96 Å². The minimum atomic E-state index is -1.49. The molecule has 1 rings (SSSR count). The molecule has 0 radical (unpaired) electrons. The molecule has 0 unspecified atom stereocenters. The Hall–Kier alpha value is -0.353. The van der Waals surface area contributed by atoms with Gasteiger partial charge in [0, 0.05) is 0 Å². The van der Waals surface area contributed by atoms with E-state index < -0.39 is 14.6 Å². The molecule has 3 nitrogen and oxygen atoms in total. The van der Waals surface area contributed by atoms with E-state index in [1.54, 1.807) is 0 Å². The Balaban J connectivity index is 2.35. The molecule has 2 N–H and O–H groups in total. The SMILES string of the molecule is O=C(O)[Si@@H]1CCCN1. The van der Waals surface area contributed by atoms with E-state index in [1.165, 1.54) is 0 Å². The highest BCUT2D eigenvalue weighted by Gasteiger charge is 2.23. The summed E-state index contributed by atoms with van der Waals surface area (Å²) < 4.78 is 0. The molecule has 1 aliphatic heterocycles. The Morgan fingerprint density at radius 3 is 2.75 bits per heavy atom. The highest BCUT2D eigenvalue weighted by atomic mass is 28.3. The molecule has 0 spiro atoms. The standard InChI is InChI=1S/C4H9NO2Si/c6-4(7)8-3-1-2-5-8/h5,8H,1-3H2,(H,6,7)/t8-/m0/s1. The van der Waals surface area contributed by atoms with Crippen LogP contribution in [0, 0.1) is 0 Å². The summed E-state index contributed by atoms with van der Waals surface area (Å²) in [5.41, 5.74) is -0.581. The highest BCUT2D eigenvalue weighted by molar-refractivity contribution is 6.86. The fourth-order valence-electron chi connectivity index (χ4n) is 0.895. The van der Waals surface area contributed by atoms with Crippen molar-refractivity contribution in [1.29, 1.82) is 0 Å². The highest BCUT2D eigenvalue weighted by Crippen LogP contribution is 2.02. The van der Waals surface area contributed by atoms with Crippen molar-refractivity contribution >= 4 is 14.6 Å². The molecule has 0 bridgehead atoms. The van der Waals surface area contributed by atoms with Crippen LogP contribution in [0.1, 0.15) is 6.42 Å². The molecule has 0 aromatic heterocycles. The van der Waals surface area contributed by atoms with Crippen molar-refractivity contribution in [1.82, 2.24) is 4.98 Å². The first-order chi connectivity index (χ1) is 3.80. The predicted molar refractivity (Wildman–Crippen MR) is 32.6 cm³/mol. The van der Waals surface area contributed by atoms with Crippen molar-refractivity contribution in [2.45, 2.75) is 12.5 Å². The van der Waals surface area contributed by atoms with Crippen molar-refractivity contribution in [3.8, 4) is 0 Å². The first kappa shape index (κ1) is 5.78. The zero-order valence-corrected chi connectivity index (χ0v) is 5.71. The number of carbonyl (C=O) groups is 1. The molecular formula is C4H9NO2Si. The van der Waals surface area contributed by atoms with E-state index in [9.17, 15) is 4.79 Å². The van der Waals surface area contributed by atoms with Crippen LogP contribution in [0.3, 0.4) is 0 Å². The van der Waals surface area contributed by atoms with Gasteiger partial charge in [-0.15, -0.1) is 0 Å². The van der Waals surface area contributed by atoms with Gasteiger partial charge in [-0.3, -0.25) is 4.79 Å². The minimum absolute atomic E-state index is 0.581. The van der Waals surface area contributed by atoms with Crippen LogP contribution in [-0.4, -0.2) is 26.2 Å². The summed E-state index contributed by atoms with van der Waals surface area (Å²) in [4.78, 5) is 13.2. The molecule has 0 aliphatic carbocycles. The van der Waals surface area contributed by atoms with E-state index in [4.69, 9.17) is 5.11 Å². The van der Waals surface area contributed by atoms with Gasteiger partial charge in [-0.2, -0.15) is 0 Å². The average molecular weight is 131 g/mol. The van der Waals surface area contributed by atoms with Crippen LogP contribution < -0.4 is 4.98 Å². The van der Waals surface area contributed by atoms with Gasteiger partial charge >= 0.3 is 0 Å². The van der Waals surface area contributed by atoms with Crippen molar-refractivity contribution < 1.29 is 9.90 Å². The molecular weight excluding hydrogens is 122 g/mol. The number of nitrogens with one attached hydrogen (secondary N) is 1. The van der Waals surface area contributed by atoms with E-state index in [0.717, 1.165) is 19.0 Å². The van der Waals surface area contributed by atoms with E-state index in [2.05, 4.69) is 4.98 Å². The lowest BCUT2D eigenvalue weighted by molar-refractivity contribution is 0.218. The Morgan fingerprint density at radius 2 is 2.50 bits per heavy atom. The van der Waals surface area contributed by atoms with Crippen LogP contribution in [0.4, 0.5) is 4.79 Å². The normalized spacial score (nSPS) is 28.2. The summed E-state index contributed by atoms with van der Waals surface area (Å²) in [6.07, 6.45) is 1.06. The van der Waals surface area contributed by atoms with Gasteiger partial charge in [0.05, 0.1) is 0 Å². The summed E-state index contributed by atoms with van der Waals surface area (Å²) in [7, 11) is -1.49. The third kappa shape index (κ3) is 1.08. The number of carboxylic acid groups (broad SMARTS) is 1. The van der Waals surface area contributed by atoms with Gasteiger partial charge in [-0.1, -0.05) is 0 Å². The molecule has 1 aliphatic rings. The molecule has 1 saturated heterocycles. The predicted octanol–water partition coefficient (Wildman–Crippen LogP) is -0.0368. The topological polar surface area (TPSA) is 49.3 Å². The number of hydrogen-bond donors (Lipinski definition) is 2. The summed E-state index contributed by atoms with van der Waals surface area (Å²) >= 11 is 0. The quantitative estimate of drug-likeness (QED) is 0.491. The van der Waals surface area contributed by atoms with Crippen LogP contribution in [0.2, 0.25) is 6.04 Å². The minimum Gasteiger partial charge on any atom is -0.485 e. The first-order valence-corrected chi connectivity index (χ1v) is 4.74. The zero-order valence-electron chi connectivity index (χ0n) is 4.55. The van der Waals surface area contributed by atoms with Crippen LogP contribution in [0.15, 0.2) is 0 Å². The summed E-state index contributed by atoms with van der Waals surface area (Å²) in [6, 6.07) is 0.926. The Labute approximate surface area is 49.4 Å². The maximum absolute atomic E-state index is 10.2. The van der Waals surface area contributed by atoms with Crippen molar-refractivity contribution in [3.63, 3.8) is 0 Å². The van der Waals surface area contributed by atoms with E-state index in [-0.39, 0.29) is 0 Å². The molecule has 0 aromatic rings. The van der Waals surface area contributed by atoms with E-state index in [1.807, 2.05) is 0 Å². The smallest absolute Gasteiger partial charge is 0.283 e. The van der Waals surface area contributed by atoms with Gasteiger partial charge in [-0.05, 0) is 19.0 Å². The fraction of sp³-hybridized carbons (Fsp3) is 0.750. The Morgan fingerprint density at radius 1 is 1.75 bits per heavy atom. The second-order valence-electron chi connectivity index (χ2n) is 1.99. The third-order valence-electron chi connectivity index (χ3n) is 1.36. The van der Waals surface area contributed by atoms with Gasteiger partial charge in [0.1, 0.15) is 0 Å². The molecule has 0 amide bonds. The summed E-state index contributed by atoms with van der Waals surface area (Å²) in [6.45, 7) is 0.920. The Bertz CT molecular complexity index is 100. The van der Waals surface area contributed by atoms with Gasteiger partial charge in [0.25, 0.3) is 5.59 Å². The second-order valence-corrected chi connectivity index (χ2v) is 4.57. The van der Waals surface area contributed by atoms with Crippen LogP contribution >= 0.6 is 0 Å². The molecule has 8 heavy (non-hydrogen) atoms. The molecule has 0 aromatic carbocycles. The molecule has 1 fully saturated rings. The summed E-state index contributed by atoms with van der Waals surface area (Å²) in [5, 5.41) is 8.41. The van der Waals surface area contributed by atoms with Crippen LogP contribution in [0.25, 0.3) is 0 Å². The van der Waals surface area contributed by atoms with Gasteiger partial charge in [0.15, 0.2) is 0 Å². The van der Waals surface area contributed by atoms with Crippen molar-refractivity contribution in [2.75, 3.05) is 6.54 Å². The maximum Gasteiger partial charge on any atom is 0.283 e. The summed E-state index contributed by atoms with van der Waals surface area (Å²) in [5.74, 6) is 0. The van der Waals surface area contributed by atoms with Gasteiger partial charge in [-0.25, -0.2) is 0 Å². The lowest BCUT2D eigenvalue weighted by atomic mass is 10.5. The average Bonchev–Trinajstić information content (AvgIpc) is 2.12. The van der Waals surface area contributed by atoms with Gasteiger partial charge < -0.3 is 10.1 Å². The second kappa shape index (κ2) is 2.28. The first-order valence-electron chi connectivity index (χ1n) is 2.77. The van der Waals surface area contributed by atoms with Crippen LogP contribution in [-0.2, 0) is 0 Å². The molecule has 46 valence electrons. The monoisotopic (exact) mass is 131 g/mol. The van der Waals surface area contributed by atoms with E-state index in [0.29, 0.717) is 0 Å². The molecule has 0 saturated carbocycles. The zero-order chi connectivity index (χ0) is 5.98. The molecule has 1 heterocycles. The largest absolute Gasteiger partial charge is 0.485 e. The van der Waals surface area contributed by atoms with Crippen LogP contribution in [0.5, 0.6) is 0 Å². The maximum atomic E-state index is 10.2. The van der Waals surface area contributed by atoms with Crippen molar-refractivity contribution in [3.05, 3.63) is 0 Å². The molecule has 4 heteroatoms. The van der Waals surface area contributed by atoms with Crippen molar-refractivity contribution in [2.24, 2.45) is 0 Å². The number of rotatable bonds is 1. The lowest BCUT2D eigenvalue weighted by Crippen LogP contribution is -2.34. The third-order valence-corrected chi connectivity index (χ3v) is 3.72. The molecule has 1 atom stereocenters. The Kier molecular flexibility index (Phi) is 1.64. The lowest BCUT2D eigenvalue weighted by Gasteiger charge is -1.96.